The first-order chi connectivity index (χ1) is 15.7. The van der Waals surface area contributed by atoms with Gasteiger partial charge in [-0.3, -0.25) is 4.79 Å². The Morgan fingerprint density at radius 3 is 2.36 bits per heavy atom. The minimum atomic E-state index is 0.00518. The van der Waals surface area contributed by atoms with Crippen LogP contribution in [0, 0.1) is 6.92 Å². The molecule has 0 saturated carbocycles. The number of ketones is 1. The molecule has 5 heteroatoms. The molecule has 0 amide bonds. The summed E-state index contributed by atoms with van der Waals surface area (Å²) in [5.74, 6) is 1.96. The summed E-state index contributed by atoms with van der Waals surface area (Å²) in [5.41, 5.74) is 6.10. The summed E-state index contributed by atoms with van der Waals surface area (Å²) in [4.78, 5) is 13.0. The van der Waals surface area contributed by atoms with E-state index < -0.39 is 0 Å². The fraction of sp³-hybridized carbons (Fsp3) is 0.286. The molecule has 0 aliphatic heterocycles. The predicted molar refractivity (Wildman–Crippen MR) is 147 cm³/mol. The quantitative estimate of drug-likeness (QED) is 0.214. The lowest BCUT2D eigenvalue weighted by Crippen LogP contribution is -2.30. The average Bonchev–Trinajstić information content (AvgIpc) is 2.79. The lowest BCUT2D eigenvalue weighted by molar-refractivity contribution is 0.103. The summed E-state index contributed by atoms with van der Waals surface area (Å²) in [7, 11) is 0. The van der Waals surface area contributed by atoms with Gasteiger partial charge in [0.15, 0.2) is 10.9 Å². The topological polar surface area (TPSA) is 41.1 Å². The Bertz CT molecular complexity index is 1100. The Morgan fingerprint density at radius 1 is 0.939 bits per heavy atom. The van der Waals surface area contributed by atoms with E-state index in [1.165, 1.54) is 16.7 Å². The SMILES string of the molecule is Cc1ccccc1CSCCNC(=S)Nc1cccc(C(=O)c2ccc(C(C)(C)C)cc2)c1. The van der Waals surface area contributed by atoms with Crippen molar-refractivity contribution in [1.29, 1.82) is 0 Å². The molecule has 0 aliphatic carbocycles. The Morgan fingerprint density at radius 2 is 1.67 bits per heavy atom. The Kier molecular flexibility index (Phi) is 8.70. The van der Waals surface area contributed by atoms with Gasteiger partial charge >= 0.3 is 0 Å². The lowest BCUT2D eigenvalue weighted by atomic mass is 9.86. The number of anilines is 1. The summed E-state index contributed by atoms with van der Waals surface area (Å²) in [5, 5.41) is 7.00. The van der Waals surface area contributed by atoms with Crippen molar-refractivity contribution in [1.82, 2.24) is 5.32 Å². The van der Waals surface area contributed by atoms with Crippen LogP contribution in [0.3, 0.4) is 0 Å². The molecule has 0 spiro atoms. The number of hydrogen-bond acceptors (Lipinski definition) is 3. The van der Waals surface area contributed by atoms with Crippen LogP contribution < -0.4 is 10.6 Å². The van der Waals surface area contributed by atoms with Crippen LogP contribution in [0.4, 0.5) is 5.69 Å². The Hall–Kier alpha value is -2.63. The zero-order chi connectivity index (χ0) is 23.8. The molecule has 0 unspecified atom stereocenters. The van der Waals surface area contributed by atoms with Crippen LogP contribution in [-0.2, 0) is 11.2 Å². The molecule has 3 nitrogen and oxygen atoms in total. The van der Waals surface area contributed by atoms with E-state index in [-0.39, 0.29) is 11.2 Å². The van der Waals surface area contributed by atoms with Gasteiger partial charge in [0.05, 0.1) is 0 Å². The van der Waals surface area contributed by atoms with E-state index in [0.29, 0.717) is 16.2 Å². The number of benzene rings is 3. The van der Waals surface area contributed by atoms with Crippen molar-refractivity contribution >= 4 is 40.6 Å². The molecule has 0 aliphatic rings. The van der Waals surface area contributed by atoms with E-state index in [2.05, 4.69) is 62.6 Å². The molecule has 0 fully saturated rings. The van der Waals surface area contributed by atoms with E-state index in [9.17, 15) is 4.79 Å². The van der Waals surface area contributed by atoms with Crippen LogP contribution in [0.15, 0.2) is 72.8 Å². The van der Waals surface area contributed by atoms with Gasteiger partial charge in [0, 0.05) is 34.9 Å². The molecule has 0 atom stereocenters. The largest absolute Gasteiger partial charge is 0.362 e. The highest BCUT2D eigenvalue weighted by Crippen LogP contribution is 2.23. The van der Waals surface area contributed by atoms with Crippen LogP contribution in [0.5, 0.6) is 0 Å². The van der Waals surface area contributed by atoms with Gasteiger partial charge in [0.25, 0.3) is 0 Å². The molecule has 0 saturated heterocycles. The molecule has 0 heterocycles. The molecule has 3 aromatic rings. The zero-order valence-corrected chi connectivity index (χ0v) is 21.4. The summed E-state index contributed by atoms with van der Waals surface area (Å²) < 4.78 is 0. The molecule has 172 valence electrons. The predicted octanol–water partition coefficient (Wildman–Crippen LogP) is 6.74. The number of carbonyl (C=O) groups is 1. The fourth-order valence-electron chi connectivity index (χ4n) is 3.39. The van der Waals surface area contributed by atoms with Crippen LogP contribution >= 0.6 is 24.0 Å². The molecule has 0 radical (unpaired) electrons. The summed E-state index contributed by atoms with van der Waals surface area (Å²) >= 11 is 7.32. The maximum absolute atomic E-state index is 13.0. The highest BCUT2D eigenvalue weighted by molar-refractivity contribution is 7.98. The maximum Gasteiger partial charge on any atom is 0.193 e. The monoisotopic (exact) mass is 476 g/mol. The minimum Gasteiger partial charge on any atom is -0.362 e. The van der Waals surface area contributed by atoms with Gasteiger partial charge in [0.2, 0.25) is 0 Å². The first kappa shape index (κ1) is 25.0. The second-order valence-electron chi connectivity index (χ2n) is 9.10. The van der Waals surface area contributed by atoms with Crippen LogP contribution in [-0.4, -0.2) is 23.2 Å². The van der Waals surface area contributed by atoms with E-state index in [1.54, 1.807) is 0 Å². The first-order valence-corrected chi connectivity index (χ1v) is 12.7. The van der Waals surface area contributed by atoms with Crippen LogP contribution in [0.1, 0.15) is 53.4 Å². The van der Waals surface area contributed by atoms with Crippen molar-refractivity contribution in [2.75, 3.05) is 17.6 Å². The number of thiocarbonyl (C=S) groups is 1. The maximum atomic E-state index is 13.0. The van der Waals surface area contributed by atoms with E-state index in [1.807, 2.05) is 60.3 Å². The minimum absolute atomic E-state index is 0.00518. The van der Waals surface area contributed by atoms with Gasteiger partial charge in [-0.15, -0.1) is 0 Å². The molecule has 3 aromatic carbocycles. The van der Waals surface area contributed by atoms with Crippen molar-refractivity contribution in [3.63, 3.8) is 0 Å². The van der Waals surface area contributed by atoms with Crippen molar-refractivity contribution in [3.05, 3.63) is 101 Å². The third-order valence-corrected chi connectivity index (χ3v) is 6.70. The van der Waals surface area contributed by atoms with Crippen molar-refractivity contribution in [2.24, 2.45) is 0 Å². The summed E-state index contributed by atoms with van der Waals surface area (Å²) in [6.07, 6.45) is 0. The molecule has 3 rings (SSSR count). The van der Waals surface area contributed by atoms with Crippen LogP contribution in [0.2, 0.25) is 0 Å². The van der Waals surface area contributed by atoms with Crippen molar-refractivity contribution in [2.45, 2.75) is 38.9 Å². The molecular formula is C28H32N2OS2. The van der Waals surface area contributed by atoms with Gasteiger partial charge in [-0.25, -0.2) is 0 Å². The smallest absolute Gasteiger partial charge is 0.193 e. The number of nitrogens with one attached hydrogen (secondary N) is 2. The zero-order valence-electron chi connectivity index (χ0n) is 19.8. The number of thioether (sulfide) groups is 1. The van der Waals surface area contributed by atoms with Gasteiger partial charge in [0.1, 0.15) is 0 Å². The number of aryl methyl sites for hydroxylation is 1. The Balaban J connectivity index is 1.49. The molecule has 2 N–H and O–H groups in total. The molecule has 33 heavy (non-hydrogen) atoms. The van der Waals surface area contributed by atoms with E-state index >= 15 is 0 Å². The lowest BCUT2D eigenvalue weighted by Gasteiger charge is -2.19. The normalized spacial score (nSPS) is 11.2. The standard InChI is InChI=1S/C28H32N2OS2/c1-20-8-5-6-9-23(20)19-33-17-16-29-27(32)30-25-11-7-10-22(18-25)26(31)21-12-14-24(15-13-21)28(2,3)4/h5-15,18H,16-17,19H2,1-4H3,(H2,29,30,32). The molecule has 0 aromatic heterocycles. The average molecular weight is 477 g/mol. The fourth-order valence-corrected chi connectivity index (χ4v) is 4.55. The number of carbonyl (C=O) groups excluding carboxylic acids is 1. The highest BCUT2D eigenvalue weighted by atomic mass is 32.2. The van der Waals surface area contributed by atoms with Gasteiger partial charge < -0.3 is 10.6 Å². The van der Waals surface area contributed by atoms with Crippen LogP contribution in [0.25, 0.3) is 0 Å². The van der Waals surface area contributed by atoms with E-state index in [4.69, 9.17) is 12.2 Å². The number of hydrogen-bond donors (Lipinski definition) is 2. The highest BCUT2D eigenvalue weighted by Gasteiger charge is 2.15. The number of rotatable bonds is 8. The molecule has 0 bridgehead atoms. The first-order valence-electron chi connectivity index (χ1n) is 11.2. The van der Waals surface area contributed by atoms with Gasteiger partial charge in [-0.05, 0) is 53.4 Å². The third-order valence-electron chi connectivity index (χ3n) is 5.45. The van der Waals surface area contributed by atoms with E-state index in [0.717, 1.165) is 23.7 Å². The Labute approximate surface area is 207 Å². The summed E-state index contributed by atoms with van der Waals surface area (Å²) in [6.45, 7) is 9.42. The van der Waals surface area contributed by atoms with Crippen molar-refractivity contribution in [3.8, 4) is 0 Å². The second kappa shape index (κ2) is 11.5. The second-order valence-corrected chi connectivity index (χ2v) is 10.6. The van der Waals surface area contributed by atoms with Gasteiger partial charge in [-0.2, -0.15) is 11.8 Å². The van der Waals surface area contributed by atoms with Gasteiger partial charge in [-0.1, -0.05) is 81.4 Å². The van der Waals surface area contributed by atoms with Crippen molar-refractivity contribution < 1.29 is 4.79 Å². The molecular weight excluding hydrogens is 444 g/mol. The third kappa shape index (κ3) is 7.44. The summed E-state index contributed by atoms with van der Waals surface area (Å²) in [6, 6.07) is 23.8.